The van der Waals surface area contributed by atoms with Gasteiger partial charge >= 0.3 is 5.97 Å². The minimum absolute atomic E-state index is 0.0144. The Kier molecular flexibility index (Phi) is 4.64. The third kappa shape index (κ3) is 4.30. The first kappa shape index (κ1) is 15.5. The van der Waals surface area contributed by atoms with Gasteiger partial charge in [-0.15, -0.1) is 11.8 Å². The van der Waals surface area contributed by atoms with Crippen molar-refractivity contribution in [2.75, 3.05) is 6.26 Å². The Morgan fingerprint density at radius 3 is 2.48 bits per heavy atom. The van der Waals surface area contributed by atoms with E-state index in [0.717, 1.165) is 10.5 Å². The normalized spacial score (nSPS) is 11.3. The molecule has 1 heterocycles. The van der Waals surface area contributed by atoms with Crippen molar-refractivity contribution in [2.45, 2.75) is 15.5 Å². The highest BCUT2D eigenvalue weighted by atomic mass is 32.2. The minimum Gasteiger partial charge on any atom is -0.477 e. The van der Waals surface area contributed by atoms with Crippen molar-refractivity contribution in [1.29, 1.82) is 0 Å². The number of hydrogen-bond acceptors (Lipinski definition) is 5. The Balaban J connectivity index is 2.06. The second-order valence-electron chi connectivity index (χ2n) is 4.39. The number of nitrogens with zero attached hydrogens (tertiary/aromatic N) is 1. The molecule has 2 aromatic rings. The molecule has 1 N–H and O–H groups in total. The number of aromatic carboxylic acids is 1. The van der Waals surface area contributed by atoms with E-state index in [0.29, 0.717) is 5.75 Å². The van der Waals surface area contributed by atoms with Crippen molar-refractivity contribution in [3.8, 4) is 0 Å². The van der Waals surface area contributed by atoms with Gasteiger partial charge in [-0.25, -0.2) is 18.2 Å². The molecule has 5 nitrogen and oxygen atoms in total. The van der Waals surface area contributed by atoms with E-state index in [2.05, 4.69) is 4.98 Å². The van der Waals surface area contributed by atoms with Gasteiger partial charge in [-0.05, 0) is 42.0 Å². The van der Waals surface area contributed by atoms with Gasteiger partial charge in [-0.3, -0.25) is 0 Å². The summed E-state index contributed by atoms with van der Waals surface area (Å²) in [5.41, 5.74) is 0.861. The molecule has 0 atom stereocenters. The molecular formula is C14H13NO4S2. The summed E-state index contributed by atoms with van der Waals surface area (Å²) >= 11 is 1.50. The van der Waals surface area contributed by atoms with Crippen LogP contribution in [0, 0.1) is 0 Å². The van der Waals surface area contributed by atoms with Gasteiger partial charge in [-0.1, -0.05) is 0 Å². The first-order valence-corrected chi connectivity index (χ1v) is 8.85. The molecule has 0 radical (unpaired) electrons. The maximum atomic E-state index is 11.4. The van der Waals surface area contributed by atoms with E-state index < -0.39 is 15.8 Å². The monoisotopic (exact) mass is 323 g/mol. The largest absolute Gasteiger partial charge is 0.477 e. The fraction of sp³-hybridized carbons (Fsp3) is 0.143. The van der Waals surface area contributed by atoms with E-state index >= 15 is 0 Å². The number of hydrogen-bond donors (Lipinski definition) is 1. The summed E-state index contributed by atoms with van der Waals surface area (Å²) in [7, 11) is -3.18. The molecule has 1 aromatic carbocycles. The Morgan fingerprint density at radius 2 is 1.90 bits per heavy atom. The van der Waals surface area contributed by atoms with E-state index in [1.165, 1.54) is 30.3 Å². The summed E-state index contributed by atoms with van der Waals surface area (Å²) in [4.78, 5) is 15.8. The Morgan fingerprint density at radius 1 is 1.24 bits per heavy atom. The van der Waals surface area contributed by atoms with Crippen LogP contribution >= 0.6 is 11.8 Å². The predicted octanol–water partition coefficient (Wildman–Crippen LogP) is 2.48. The van der Waals surface area contributed by atoms with Gasteiger partial charge in [0.15, 0.2) is 9.84 Å². The van der Waals surface area contributed by atoms with Crippen molar-refractivity contribution >= 4 is 27.6 Å². The maximum Gasteiger partial charge on any atom is 0.354 e. The number of aromatic nitrogens is 1. The number of pyridine rings is 1. The zero-order valence-electron chi connectivity index (χ0n) is 11.2. The molecule has 0 spiro atoms. The SMILES string of the molecule is CS(=O)(=O)c1ccc(SCc2ccnc(C(=O)O)c2)cc1. The van der Waals surface area contributed by atoms with Crippen molar-refractivity contribution in [1.82, 2.24) is 4.98 Å². The number of thioether (sulfide) groups is 1. The second kappa shape index (κ2) is 6.28. The number of sulfone groups is 1. The standard InChI is InChI=1S/C14H13NO4S2/c1-21(18,19)12-4-2-11(3-5-12)20-9-10-6-7-15-13(8-10)14(16)17/h2-8H,9H2,1H3,(H,16,17). The third-order valence-electron chi connectivity index (χ3n) is 2.70. The van der Waals surface area contributed by atoms with Crippen molar-refractivity contribution < 1.29 is 18.3 Å². The van der Waals surface area contributed by atoms with E-state index in [9.17, 15) is 13.2 Å². The Hall–Kier alpha value is -1.86. The minimum atomic E-state index is -3.18. The van der Waals surface area contributed by atoms with Crippen LogP contribution in [-0.2, 0) is 15.6 Å². The number of carbonyl (C=O) groups is 1. The van der Waals surface area contributed by atoms with Gasteiger partial charge in [0, 0.05) is 23.1 Å². The molecule has 0 bridgehead atoms. The van der Waals surface area contributed by atoms with Gasteiger partial charge in [0.1, 0.15) is 5.69 Å². The van der Waals surface area contributed by atoms with Crippen molar-refractivity contribution in [3.63, 3.8) is 0 Å². The van der Waals surface area contributed by atoms with Crippen LogP contribution in [0.25, 0.3) is 0 Å². The average molecular weight is 323 g/mol. The molecule has 0 aliphatic carbocycles. The molecule has 2 rings (SSSR count). The Bertz CT molecular complexity index is 755. The highest BCUT2D eigenvalue weighted by Gasteiger charge is 2.07. The fourth-order valence-electron chi connectivity index (χ4n) is 1.63. The summed E-state index contributed by atoms with van der Waals surface area (Å²) in [6.45, 7) is 0. The van der Waals surface area contributed by atoms with Crippen LogP contribution in [-0.4, -0.2) is 30.7 Å². The maximum absolute atomic E-state index is 11.4. The van der Waals surface area contributed by atoms with Gasteiger partial charge in [0.2, 0.25) is 0 Å². The lowest BCUT2D eigenvalue weighted by molar-refractivity contribution is 0.0690. The quantitative estimate of drug-likeness (QED) is 0.851. The van der Waals surface area contributed by atoms with Gasteiger partial charge in [0.25, 0.3) is 0 Å². The molecule has 110 valence electrons. The summed E-state index contributed by atoms with van der Waals surface area (Å²) in [5, 5.41) is 8.88. The summed E-state index contributed by atoms with van der Waals surface area (Å²) in [5.74, 6) is -0.472. The van der Waals surface area contributed by atoms with Crippen LogP contribution in [0.15, 0.2) is 52.4 Å². The molecule has 0 fully saturated rings. The van der Waals surface area contributed by atoms with E-state index in [1.54, 1.807) is 30.3 Å². The van der Waals surface area contributed by atoms with Gasteiger partial charge < -0.3 is 5.11 Å². The lowest BCUT2D eigenvalue weighted by Crippen LogP contribution is -2.00. The molecule has 0 saturated carbocycles. The molecule has 0 aliphatic rings. The predicted molar refractivity (Wildman–Crippen MR) is 80.3 cm³/mol. The first-order chi connectivity index (χ1) is 9.86. The van der Waals surface area contributed by atoms with Crippen LogP contribution in [0.2, 0.25) is 0 Å². The molecule has 0 aliphatic heterocycles. The molecular weight excluding hydrogens is 310 g/mol. The van der Waals surface area contributed by atoms with Crippen molar-refractivity contribution in [2.24, 2.45) is 0 Å². The van der Waals surface area contributed by atoms with Gasteiger partial charge in [-0.2, -0.15) is 0 Å². The molecule has 1 aromatic heterocycles. The van der Waals surface area contributed by atoms with Crippen LogP contribution in [0.3, 0.4) is 0 Å². The number of benzene rings is 1. The van der Waals surface area contributed by atoms with Crippen LogP contribution in [0.1, 0.15) is 16.1 Å². The van der Waals surface area contributed by atoms with E-state index in [-0.39, 0.29) is 10.6 Å². The lowest BCUT2D eigenvalue weighted by atomic mass is 10.2. The average Bonchev–Trinajstić information content (AvgIpc) is 2.45. The molecule has 0 unspecified atom stereocenters. The number of carboxylic acid groups (broad SMARTS) is 1. The Labute approximate surface area is 127 Å². The smallest absolute Gasteiger partial charge is 0.354 e. The summed E-state index contributed by atoms with van der Waals surface area (Å²) < 4.78 is 22.7. The van der Waals surface area contributed by atoms with Crippen LogP contribution in [0.5, 0.6) is 0 Å². The third-order valence-corrected chi connectivity index (χ3v) is 4.91. The topological polar surface area (TPSA) is 84.3 Å². The lowest BCUT2D eigenvalue weighted by Gasteiger charge is -2.04. The van der Waals surface area contributed by atoms with E-state index in [1.807, 2.05) is 0 Å². The summed E-state index contributed by atoms with van der Waals surface area (Å²) in [6, 6.07) is 9.88. The van der Waals surface area contributed by atoms with E-state index in [4.69, 9.17) is 5.11 Å². The van der Waals surface area contributed by atoms with Crippen LogP contribution < -0.4 is 0 Å². The second-order valence-corrected chi connectivity index (χ2v) is 7.45. The summed E-state index contributed by atoms with van der Waals surface area (Å²) in [6.07, 6.45) is 2.63. The zero-order valence-corrected chi connectivity index (χ0v) is 12.8. The zero-order chi connectivity index (χ0) is 15.5. The number of rotatable bonds is 5. The molecule has 0 saturated heterocycles. The molecule has 7 heteroatoms. The first-order valence-electron chi connectivity index (χ1n) is 5.97. The molecule has 21 heavy (non-hydrogen) atoms. The molecule has 0 amide bonds. The van der Waals surface area contributed by atoms with Crippen LogP contribution in [0.4, 0.5) is 0 Å². The highest BCUT2D eigenvalue weighted by molar-refractivity contribution is 7.98. The van der Waals surface area contributed by atoms with Crippen molar-refractivity contribution in [3.05, 3.63) is 53.9 Å². The fourth-order valence-corrected chi connectivity index (χ4v) is 3.10. The van der Waals surface area contributed by atoms with Gasteiger partial charge in [0.05, 0.1) is 4.90 Å². The number of carboxylic acids is 1. The highest BCUT2D eigenvalue weighted by Crippen LogP contribution is 2.24.